The van der Waals surface area contributed by atoms with E-state index in [4.69, 9.17) is 4.52 Å². The summed E-state index contributed by atoms with van der Waals surface area (Å²) in [6.07, 6.45) is 0.447. The summed E-state index contributed by atoms with van der Waals surface area (Å²) >= 11 is 0. The molecule has 0 fully saturated rings. The Hall–Kier alpha value is -3.74. The van der Waals surface area contributed by atoms with Gasteiger partial charge in [-0.1, -0.05) is 67.5 Å². The van der Waals surface area contributed by atoms with E-state index in [0.29, 0.717) is 30.4 Å². The van der Waals surface area contributed by atoms with Crippen molar-refractivity contribution in [3.63, 3.8) is 0 Å². The first-order valence-electron chi connectivity index (χ1n) is 9.93. The lowest BCUT2D eigenvalue weighted by Crippen LogP contribution is -2.27. The van der Waals surface area contributed by atoms with Gasteiger partial charge in [-0.2, -0.15) is 10.1 Å². The Kier molecular flexibility index (Phi) is 5.70. The van der Waals surface area contributed by atoms with Crippen molar-refractivity contribution < 1.29 is 9.32 Å². The van der Waals surface area contributed by atoms with Crippen molar-refractivity contribution in [2.24, 2.45) is 0 Å². The Morgan fingerprint density at radius 1 is 1.07 bits per heavy atom. The Morgan fingerprint density at radius 3 is 2.47 bits per heavy atom. The van der Waals surface area contributed by atoms with Crippen molar-refractivity contribution in [2.45, 2.75) is 26.2 Å². The van der Waals surface area contributed by atoms with Crippen molar-refractivity contribution in [3.05, 3.63) is 84.0 Å². The van der Waals surface area contributed by atoms with E-state index in [1.807, 2.05) is 66.7 Å². The lowest BCUT2D eigenvalue weighted by molar-refractivity contribution is 0.0945. The second kappa shape index (κ2) is 8.73. The SMILES string of the molecule is CC(C)c1cc(C(=O)NCCc2nc(-c3ccccc3)no2)n(-c2ccccc2)n1. The molecule has 1 amide bonds. The van der Waals surface area contributed by atoms with Crippen LogP contribution in [-0.4, -0.2) is 32.4 Å². The van der Waals surface area contributed by atoms with Crippen LogP contribution in [0.2, 0.25) is 0 Å². The molecule has 0 bridgehead atoms. The van der Waals surface area contributed by atoms with Crippen LogP contribution < -0.4 is 5.32 Å². The molecule has 7 heteroatoms. The third-order valence-electron chi connectivity index (χ3n) is 4.68. The van der Waals surface area contributed by atoms with Crippen molar-refractivity contribution in [1.29, 1.82) is 0 Å². The number of nitrogens with one attached hydrogen (secondary N) is 1. The molecule has 7 nitrogen and oxygen atoms in total. The summed E-state index contributed by atoms with van der Waals surface area (Å²) < 4.78 is 6.99. The molecule has 30 heavy (non-hydrogen) atoms. The fourth-order valence-electron chi connectivity index (χ4n) is 3.04. The van der Waals surface area contributed by atoms with Crippen LogP contribution in [0.5, 0.6) is 0 Å². The summed E-state index contributed by atoms with van der Waals surface area (Å²) in [5.41, 5.74) is 3.11. The maximum atomic E-state index is 12.9. The molecule has 152 valence electrons. The van der Waals surface area contributed by atoms with Gasteiger partial charge in [-0.3, -0.25) is 4.79 Å². The van der Waals surface area contributed by atoms with Gasteiger partial charge in [0.1, 0.15) is 5.69 Å². The molecule has 0 unspecified atom stereocenters. The van der Waals surface area contributed by atoms with Crippen LogP contribution in [0.3, 0.4) is 0 Å². The Balaban J connectivity index is 1.44. The van der Waals surface area contributed by atoms with Gasteiger partial charge in [0.15, 0.2) is 0 Å². The van der Waals surface area contributed by atoms with E-state index >= 15 is 0 Å². The maximum Gasteiger partial charge on any atom is 0.270 e. The van der Waals surface area contributed by atoms with Gasteiger partial charge >= 0.3 is 0 Å². The first kappa shape index (κ1) is 19.6. The van der Waals surface area contributed by atoms with Crippen molar-refractivity contribution in [1.82, 2.24) is 25.2 Å². The Bertz CT molecular complexity index is 1120. The topological polar surface area (TPSA) is 85.8 Å². The number of nitrogens with zero attached hydrogens (tertiary/aromatic N) is 4. The van der Waals surface area contributed by atoms with Crippen LogP contribution in [0.1, 0.15) is 41.8 Å². The zero-order valence-electron chi connectivity index (χ0n) is 16.9. The molecule has 0 spiro atoms. The molecule has 1 N–H and O–H groups in total. The molecule has 0 saturated heterocycles. The molecule has 2 aromatic carbocycles. The minimum Gasteiger partial charge on any atom is -0.350 e. The monoisotopic (exact) mass is 401 g/mol. The van der Waals surface area contributed by atoms with E-state index in [1.165, 1.54) is 0 Å². The molecule has 2 heterocycles. The van der Waals surface area contributed by atoms with Crippen LogP contribution in [0.15, 0.2) is 71.3 Å². The molecule has 0 aliphatic rings. The summed E-state index contributed by atoms with van der Waals surface area (Å²) in [6.45, 7) is 4.49. The summed E-state index contributed by atoms with van der Waals surface area (Å²) in [7, 11) is 0. The standard InChI is InChI=1S/C23H23N5O2/c1-16(2)19-15-20(28(26-19)18-11-7-4-8-12-18)23(29)24-14-13-21-25-22(27-30-21)17-9-5-3-6-10-17/h3-12,15-16H,13-14H2,1-2H3,(H,24,29). The van der Waals surface area contributed by atoms with Gasteiger partial charge in [0, 0.05) is 18.5 Å². The van der Waals surface area contributed by atoms with Crippen LogP contribution in [0.25, 0.3) is 17.1 Å². The molecule has 0 atom stereocenters. The van der Waals surface area contributed by atoms with E-state index in [9.17, 15) is 4.79 Å². The molecule has 2 aromatic heterocycles. The number of rotatable bonds is 7. The highest BCUT2D eigenvalue weighted by molar-refractivity contribution is 5.93. The van der Waals surface area contributed by atoms with Gasteiger partial charge in [-0.15, -0.1) is 0 Å². The fraction of sp³-hybridized carbons (Fsp3) is 0.217. The minimum atomic E-state index is -0.193. The zero-order chi connectivity index (χ0) is 20.9. The van der Waals surface area contributed by atoms with E-state index in [0.717, 1.165) is 16.9 Å². The minimum absolute atomic E-state index is 0.193. The average Bonchev–Trinajstić information content (AvgIpc) is 3.43. The normalized spacial score (nSPS) is 11.0. The van der Waals surface area contributed by atoms with Gasteiger partial charge in [0.25, 0.3) is 5.91 Å². The lowest BCUT2D eigenvalue weighted by atomic mass is 10.1. The molecule has 4 aromatic rings. The molecular formula is C23H23N5O2. The van der Waals surface area contributed by atoms with Gasteiger partial charge in [0.2, 0.25) is 11.7 Å². The number of para-hydroxylation sites is 1. The summed E-state index contributed by atoms with van der Waals surface area (Å²) in [5.74, 6) is 1.05. The van der Waals surface area contributed by atoms with Crippen LogP contribution >= 0.6 is 0 Å². The second-order valence-corrected chi connectivity index (χ2v) is 7.24. The third kappa shape index (κ3) is 4.30. The number of hydrogen-bond acceptors (Lipinski definition) is 5. The molecule has 0 aliphatic carbocycles. The first-order chi connectivity index (χ1) is 14.6. The number of benzene rings is 2. The van der Waals surface area contributed by atoms with Crippen LogP contribution in [-0.2, 0) is 6.42 Å². The number of aromatic nitrogens is 4. The van der Waals surface area contributed by atoms with E-state index < -0.39 is 0 Å². The molecule has 0 saturated carbocycles. The number of amides is 1. The fourth-order valence-corrected chi connectivity index (χ4v) is 3.04. The predicted molar refractivity (Wildman–Crippen MR) is 113 cm³/mol. The van der Waals surface area contributed by atoms with E-state index in [1.54, 1.807) is 4.68 Å². The average molecular weight is 401 g/mol. The highest BCUT2D eigenvalue weighted by atomic mass is 16.5. The second-order valence-electron chi connectivity index (χ2n) is 7.24. The largest absolute Gasteiger partial charge is 0.350 e. The Labute approximate surface area is 174 Å². The van der Waals surface area contributed by atoms with E-state index in [2.05, 4.69) is 34.4 Å². The van der Waals surface area contributed by atoms with Crippen LogP contribution in [0.4, 0.5) is 0 Å². The molecular weight excluding hydrogens is 378 g/mol. The van der Waals surface area contributed by atoms with Crippen molar-refractivity contribution >= 4 is 5.91 Å². The van der Waals surface area contributed by atoms with Crippen LogP contribution in [0, 0.1) is 0 Å². The summed E-state index contributed by atoms with van der Waals surface area (Å²) in [6, 6.07) is 21.1. The molecule has 4 rings (SSSR count). The number of carbonyl (C=O) groups excluding carboxylic acids is 1. The van der Waals surface area contributed by atoms with Crippen molar-refractivity contribution in [2.75, 3.05) is 6.54 Å². The number of carbonyl (C=O) groups is 1. The van der Waals surface area contributed by atoms with Gasteiger partial charge in [-0.05, 0) is 24.1 Å². The van der Waals surface area contributed by atoms with Crippen molar-refractivity contribution in [3.8, 4) is 17.1 Å². The molecule has 0 aliphatic heterocycles. The van der Waals surface area contributed by atoms with E-state index in [-0.39, 0.29) is 11.8 Å². The highest BCUT2D eigenvalue weighted by Crippen LogP contribution is 2.19. The first-order valence-corrected chi connectivity index (χ1v) is 9.93. The third-order valence-corrected chi connectivity index (χ3v) is 4.68. The molecule has 0 radical (unpaired) electrons. The summed E-state index contributed by atoms with van der Waals surface area (Å²) in [4.78, 5) is 17.2. The lowest BCUT2D eigenvalue weighted by Gasteiger charge is -2.07. The zero-order valence-corrected chi connectivity index (χ0v) is 16.9. The highest BCUT2D eigenvalue weighted by Gasteiger charge is 2.18. The van der Waals surface area contributed by atoms with Gasteiger partial charge in [-0.25, -0.2) is 4.68 Å². The Morgan fingerprint density at radius 2 is 1.77 bits per heavy atom. The number of hydrogen-bond donors (Lipinski definition) is 1. The smallest absolute Gasteiger partial charge is 0.270 e. The predicted octanol–water partition coefficient (Wildman–Crippen LogP) is 4.02. The van der Waals surface area contributed by atoms with Gasteiger partial charge < -0.3 is 9.84 Å². The quantitative estimate of drug-likeness (QED) is 0.505. The maximum absolute atomic E-state index is 12.9. The summed E-state index contributed by atoms with van der Waals surface area (Å²) in [5, 5.41) is 11.6. The van der Waals surface area contributed by atoms with Gasteiger partial charge in [0.05, 0.1) is 11.4 Å².